The third-order valence-corrected chi connectivity index (χ3v) is 4.48. The Balaban J connectivity index is 1.57. The number of aromatic nitrogens is 2. The SMILES string of the molecule is O=C(CCc1noc(-c2ccccc2)n1)NC(Cc1cccc(C(F)(F)F)c1)B(O)O. The van der Waals surface area contributed by atoms with Gasteiger partial charge in [0.25, 0.3) is 5.89 Å². The number of hydrogen-bond acceptors (Lipinski definition) is 6. The average Bonchev–Trinajstić information content (AvgIpc) is 3.21. The van der Waals surface area contributed by atoms with Crippen molar-refractivity contribution in [2.75, 3.05) is 0 Å². The van der Waals surface area contributed by atoms with Crippen LogP contribution in [0, 0.1) is 0 Å². The van der Waals surface area contributed by atoms with E-state index in [4.69, 9.17) is 4.52 Å². The minimum atomic E-state index is -4.52. The van der Waals surface area contributed by atoms with Gasteiger partial charge in [-0.05, 0) is 30.2 Å². The molecule has 1 aromatic heterocycles. The summed E-state index contributed by atoms with van der Waals surface area (Å²) in [5, 5.41) is 25.3. The van der Waals surface area contributed by atoms with Crippen LogP contribution in [0.1, 0.15) is 23.4 Å². The van der Waals surface area contributed by atoms with E-state index >= 15 is 0 Å². The van der Waals surface area contributed by atoms with Crippen molar-refractivity contribution in [3.8, 4) is 11.5 Å². The summed E-state index contributed by atoms with van der Waals surface area (Å²) in [6, 6.07) is 13.5. The number of alkyl halides is 3. The van der Waals surface area contributed by atoms with E-state index in [1.54, 1.807) is 12.1 Å². The first kappa shape index (κ1) is 22.5. The summed E-state index contributed by atoms with van der Waals surface area (Å²) in [7, 11) is -1.95. The van der Waals surface area contributed by atoms with Crippen LogP contribution in [0.25, 0.3) is 11.5 Å². The van der Waals surface area contributed by atoms with E-state index in [0.717, 1.165) is 17.7 Å². The molecule has 0 spiro atoms. The maximum atomic E-state index is 12.9. The highest BCUT2D eigenvalue weighted by Gasteiger charge is 2.31. The Hall–Kier alpha value is -3.18. The fraction of sp³-hybridized carbons (Fsp3) is 0.250. The molecule has 3 N–H and O–H groups in total. The average molecular weight is 433 g/mol. The standard InChI is InChI=1S/C20H19BF3N3O4/c22-20(23,24)15-8-4-5-13(11-15)12-16(21(29)30)25-18(28)10-9-17-26-19(31-27-17)14-6-2-1-3-7-14/h1-8,11,16,29-30H,9-10,12H2,(H,25,28). The maximum Gasteiger partial charge on any atom is 0.475 e. The molecule has 0 saturated heterocycles. The van der Waals surface area contributed by atoms with E-state index in [9.17, 15) is 28.0 Å². The maximum absolute atomic E-state index is 12.9. The van der Waals surface area contributed by atoms with Gasteiger partial charge in [0.05, 0.1) is 11.5 Å². The monoisotopic (exact) mass is 433 g/mol. The van der Waals surface area contributed by atoms with Crippen LogP contribution in [-0.2, 0) is 23.8 Å². The molecule has 1 amide bonds. The van der Waals surface area contributed by atoms with Gasteiger partial charge in [0.1, 0.15) is 0 Å². The van der Waals surface area contributed by atoms with Gasteiger partial charge in [0.15, 0.2) is 5.82 Å². The van der Waals surface area contributed by atoms with Gasteiger partial charge in [0.2, 0.25) is 5.91 Å². The lowest BCUT2D eigenvalue weighted by Gasteiger charge is -2.18. The van der Waals surface area contributed by atoms with Gasteiger partial charge in [-0.1, -0.05) is 41.6 Å². The zero-order chi connectivity index (χ0) is 22.4. The summed E-state index contributed by atoms with van der Waals surface area (Å²) < 4.78 is 43.7. The smallest absolute Gasteiger partial charge is 0.426 e. The van der Waals surface area contributed by atoms with E-state index in [-0.39, 0.29) is 24.8 Å². The molecule has 0 aliphatic carbocycles. The Morgan fingerprint density at radius 3 is 2.55 bits per heavy atom. The third-order valence-electron chi connectivity index (χ3n) is 4.48. The van der Waals surface area contributed by atoms with Gasteiger partial charge in [-0.25, -0.2) is 0 Å². The molecule has 3 rings (SSSR count). The van der Waals surface area contributed by atoms with E-state index in [2.05, 4.69) is 15.5 Å². The Labute approximate surface area is 176 Å². The molecule has 11 heteroatoms. The highest BCUT2D eigenvalue weighted by molar-refractivity contribution is 6.43. The summed E-state index contributed by atoms with van der Waals surface area (Å²) >= 11 is 0. The summed E-state index contributed by atoms with van der Waals surface area (Å²) in [5.74, 6) is -1.10. The topological polar surface area (TPSA) is 108 Å². The van der Waals surface area contributed by atoms with Crippen molar-refractivity contribution in [1.29, 1.82) is 0 Å². The minimum Gasteiger partial charge on any atom is -0.426 e. The second-order valence-corrected chi connectivity index (χ2v) is 6.87. The number of halogens is 3. The molecule has 162 valence electrons. The molecule has 1 atom stereocenters. The molecule has 0 fully saturated rings. The van der Waals surface area contributed by atoms with Gasteiger partial charge >= 0.3 is 13.3 Å². The van der Waals surface area contributed by atoms with Crippen molar-refractivity contribution in [2.45, 2.75) is 31.4 Å². The molecule has 0 aliphatic rings. The number of benzene rings is 2. The van der Waals surface area contributed by atoms with Crippen LogP contribution in [0.3, 0.4) is 0 Å². The first-order valence-electron chi connectivity index (χ1n) is 9.42. The summed E-state index contributed by atoms with van der Waals surface area (Å²) in [4.78, 5) is 16.4. The Kier molecular flexibility index (Phi) is 7.08. The molecule has 1 unspecified atom stereocenters. The number of aryl methyl sites for hydroxylation is 1. The lowest BCUT2D eigenvalue weighted by Crippen LogP contribution is -2.48. The predicted octanol–water partition coefficient (Wildman–Crippen LogP) is 2.43. The molecule has 0 aliphatic heterocycles. The molecule has 0 radical (unpaired) electrons. The number of rotatable bonds is 8. The quantitative estimate of drug-likeness (QED) is 0.471. The van der Waals surface area contributed by atoms with Gasteiger partial charge < -0.3 is 19.9 Å². The minimum absolute atomic E-state index is 0.0699. The van der Waals surface area contributed by atoms with Crippen molar-refractivity contribution in [3.63, 3.8) is 0 Å². The first-order valence-corrected chi connectivity index (χ1v) is 9.42. The van der Waals surface area contributed by atoms with Gasteiger partial charge in [-0.2, -0.15) is 18.2 Å². The highest BCUT2D eigenvalue weighted by atomic mass is 19.4. The van der Waals surface area contributed by atoms with Gasteiger partial charge in [0, 0.05) is 18.4 Å². The van der Waals surface area contributed by atoms with Gasteiger partial charge in [-0.3, -0.25) is 4.79 Å². The van der Waals surface area contributed by atoms with Crippen molar-refractivity contribution in [3.05, 3.63) is 71.5 Å². The Morgan fingerprint density at radius 1 is 1.13 bits per heavy atom. The molecule has 0 bridgehead atoms. The lowest BCUT2D eigenvalue weighted by molar-refractivity contribution is -0.137. The van der Waals surface area contributed by atoms with E-state index in [1.807, 2.05) is 18.2 Å². The van der Waals surface area contributed by atoms with Crippen molar-refractivity contribution >= 4 is 13.0 Å². The molecule has 1 heterocycles. The molecule has 31 heavy (non-hydrogen) atoms. The van der Waals surface area contributed by atoms with Crippen molar-refractivity contribution in [2.24, 2.45) is 0 Å². The lowest BCUT2D eigenvalue weighted by atomic mass is 9.75. The van der Waals surface area contributed by atoms with Crippen LogP contribution in [-0.4, -0.2) is 39.2 Å². The second-order valence-electron chi connectivity index (χ2n) is 6.87. The van der Waals surface area contributed by atoms with E-state index < -0.39 is 30.7 Å². The molecule has 2 aromatic carbocycles. The predicted molar refractivity (Wildman–Crippen MR) is 105 cm³/mol. The number of nitrogens with zero attached hydrogens (tertiary/aromatic N) is 2. The van der Waals surface area contributed by atoms with Crippen molar-refractivity contribution in [1.82, 2.24) is 15.5 Å². The van der Waals surface area contributed by atoms with Crippen LogP contribution >= 0.6 is 0 Å². The molecule has 7 nitrogen and oxygen atoms in total. The summed E-state index contributed by atoms with van der Waals surface area (Å²) in [5.41, 5.74) is 0.0861. The first-order chi connectivity index (χ1) is 14.7. The summed E-state index contributed by atoms with van der Waals surface area (Å²) in [6.45, 7) is 0. The largest absolute Gasteiger partial charge is 0.475 e. The van der Waals surface area contributed by atoms with Crippen LogP contribution < -0.4 is 5.32 Å². The molecular formula is C20H19BF3N3O4. The fourth-order valence-corrected chi connectivity index (χ4v) is 2.92. The number of carbonyl (C=O) groups excluding carboxylic acids is 1. The van der Waals surface area contributed by atoms with Crippen LogP contribution in [0.5, 0.6) is 0 Å². The van der Waals surface area contributed by atoms with Crippen LogP contribution in [0.4, 0.5) is 13.2 Å². The van der Waals surface area contributed by atoms with E-state index in [0.29, 0.717) is 11.7 Å². The second kappa shape index (κ2) is 9.75. The van der Waals surface area contributed by atoms with Crippen molar-refractivity contribution < 1.29 is 32.5 Å². The molecule has 0 saturated carbocycles. The third kappa shape index (κ3) is 6.40. The van der Waals surface area contributed by atoms with E-state index in [1.165, 1.54) is 12.1 Å². The normalized spacial score (nSPS) is 12.4. The number of hydrogen-bond donors (Lipinski definition) is 3. The van der Waals surface area contributed by atoms with Crippen LogP contribution in [0.2, 0.25) is 0 Å². The number of amides is 1. The zero-order valence-electron chi connectivity index (χ0n) is 16.2. The van der Waals surface area contributed by atoms with Crippen LogP contribution in [0.15, 0.2) is 59.1 Å². The number of carbonyl (C=O) groups is 1. The fourth-order valence-electron chi connectivity index (χ4n) is 2.92. The highest BCUT2D eigenvalue weighted by Crippen LogP contribution is 2.29. The Morgan fingerprint density at radius 2 is 1.87 bits per heavy atom. The number of nitrogens with one attached hydrogen (secondary N) is 1. The molecule has 3 aromatic rings. The van der Waals surface area contributed by atoms with Gasteiger partial charge in [-0.15, -0.1) is 0 Å². The summed E-state index contributed by atoms with van der Waals surface area (Å²) in [6.07, 6.45) is -4.64. The Bertz CT molecular complexity index is 1010. The zero-order valence-corrected chi connectivity index (χ0v) is 16.2. The molecular weight excluding hydrogens is 414 g/mol.